The van der Waals surface area contributed by atoms with Gasteiger partial charge in [0, 0.05) is 6.61 Å². The zero-order valence-electron chi connectivity index (χ0n) is 7.94. The minimum Gasteiger partial charge on any atom is -0.374 e. The summed E-state index contributed by atoms with van der Waals surface area (Å²) in [5, 5.41) is 0. The van der Waals surface area contributed by atoms with Crippen LogP contribution < -0.4 is 0 Å². The minimum absolute atomic E-state index is 0.0523. The zero-order chi connectivity index (χ0) is 8.86. The van der Waals surface area contributed by atoms with Crippen LogP contribution in [0.25, 0.3) is 0 Å². The number of rotatable bonds is 5. The molecule has 0 aliphatic carbocycles. The van der Waals surface area contributed by atoms with E-state index in [0.29, 0.717) is 5.88 Å². The molecule has 0 amide bonds. The molecule has 0 bridgehead atoms. The summed E-state index contributed by atoms with van der Waals surface area (Å²) in [6, 6.07) is 0. The summed E-state index contributed by atoms with van der Waals surface area (Å²) in [7, 11) is 0. The lowest BCUT2D eigenvalue weighted by atomic mass is 9.95. The normalized spacial score (nSPS) is 29.5. The first-order chi connectivity index (χ1) is 5.83. The average molecular weight is 191 g/mol. The second-order valence-electron chi connectivity index (χ2n) is 3.73. The molecule has 0 N–H and O–H groups in total. The van der Waals surface area contributed by atoms with E-state index in [1.807, 2.05) is 0 Å². The Morgan fingerprint density at radius 3 is 2.75 bits per heavy atom. The lowest BCUT2D eigenvalue weighted by Crippen LogP contribution is -2.29. The quantitative estimate of drug-likeness (QED) is 0.477. The lowest BCUT2D eigenvalue weighted by Gasteiger charge is -2.25. The number of halogens is 1. The number of hydrogen-bond donors (Lipinski definition) is 0. The average Bonchev–Trinajstić information content (AvgIpc) is 2.55. The van der Waals surface area contributed by atoms with E-state index >= 15 is 0 Å². The van der Waals surface area contributed by atoms with Crippen LogP contribution in [0.2, 0.25) is 0 Å². The third-order valence-corrected chi connectivity index (χ3v) is 3.15. The molecule has 0 saturated carbocycles. The van der Waals surface area contributed by atoms with Gasteiger partial charge in [-0.1, -0.05) is 26.2 Å². The second-order valence-corrected chi connectivity index (χ2v) is 3.99. The van der Waals surface area contributed by atoms with E-state index < -0.39 is 0 Å². The van der Waals surface area contributed by atoms with Gasteiger partial charge in [-0.25, -0.2) is 0 Å². The fraction of sp³-hybridized carbons (Fsp3) is 1.00. The summed E-state index contributed by atoms with van der Waals surface area (Å²) in [5.41, 5.74) is 0.0523. The molecule has 12 heavy (non-hydrogen) atoms. The minimum atomic E-state index is 0.0523. The van der Waals surface area contributed by atoms with Gasteiger partial charge in [-0.3, -0.25) is 0 Å². The van der Waals surface area contributed by atoms with E-state index in [1.165, 1.54) is 32.1 Å². The highest BCUT2D eigenvalue weighted by Gasteiger charge is 2.33. The predicted molar refractivity (Wildman–Crippen MR) is 52.8 cm³/mol. The van der Waals surface area contributed by atoms with Crippen LogP contribution in [0.5, 0.6) is 0 Å². The molecule has 2 heteroatoms. The smallest absolute Gasteiger partial charge is 0.0818 e. The molecular weight excluding hydrogens is 172 g/mol. The third kappa shape index (κ3) is 2.63. The number of alkyl halides is 1. The molecule has 0 aromatic heterocycles. The molecule has 72 valence electrons. The van der Waals surface area contributed by atoms with E-state index in [1.54, 1.807) is 0 Å². The first kappa shape index (κ1) is 10.3. The van der Waals surface area contributed by atoms with Crippen LogP contribution in [0, 0.1) is 0 Å². The highest BCUT2D eigenvalue weighted by Crippen LogP contribution is 2.32. The van der Waals surface area contributed by atoms with Gasteiger partial charge in [-0.15, -0.1) is 11.6 Å². The lowest BCUT2D eigenvalue weighted by molar-refractivity contribution is 0.0144. The molecular formula is C10H19ClO. The first-order valence-electron chi connectivity index (χ1n) is 5.03. The van der Waals surface area contributed by atoms with Crippen molar-refractivity contribution >= 4 is 11.6 Å². The molecule has 1 fully saturated rings. The van der Waals surface area contributed by atoms with Gasteiger partial charge < -0.3 is 4.74 Å². The van der Waals surface area contributed by atoms with Crippen LogP contribution in [-0.2, 0) is 4.74 Å². The van der Waals surface area contributed by atoms with Crippen LogP contribution in [-0.4, -0.2) is 18.1 Å². The van der Waals surface area contributed by atoms with Gasteiger partial charge in [0.05, 0.1) is 11.5 Å². The summed E-state index contributed by atoms with van der Waals surface area (Å²) >= 11 is 5.92. The number of hydrogen-bond acceptors (Lipinski definition) is 1. The van der Waals surface area contributed by atoms with Gasteiger partial charge in [0.25, 0.3) is 0 Å². The fourth-order valence-corrected chi connectivity index (χ4v) is 2.17. The van der Waals surface area contributed by atoms with Gasteiger partial charge in [0.1, 0.15) is 0 Å². The Hall–Kier alpha value is 0.250. The van der Waals surface area contributed by atoms with Crippen molar-refractivity contribution in [2.75, 3.05) is 12.5 Å². The van der Waals surface area contributed by atoms with Crippen molar-refractivity contribution in [3.05, 3.63) is 0 Å². The van der Waals surface area contributed by atoms with E-state index in [0.717, 1.165) is 13.0 Å². The summed E-state index contributed by atoms with van der Waals surface area (Å²) < 4.78 is 5.70. The van der Waals surface area contributed by atoms with E-state index in [9.17, 15) is 0 Å². The van der Waals surface area contributed by atoms with Crippen LogP contribution >= 0.6 is 11.6 Å². The van der Waals surface area contributed by atoms with Gasteiger partial charge in [-0.2, -0.15) is 0 Å². The molecule has 0 radical (unpaired) electrons. The SMILES string of the molecule is CCCCCC1(CCl)CCCO1. The summed E-state index contributed by atoms with van der Waals surface area (Å²) in [6.07, 6.45) is 7.37. The summed E-state index contributed by atoms with van der Waals surface area (Å²) in [5.74, 6) is 0.677. The van der Waals surface area contributed by atoms with Gasteiger partial charge in [0.15, 0.2) is 0 Å². The molecule has 1 saturated heterocycles. The molecule has 1 atom stereocenters. The van der Waals surface area contributed by atoms with Crippen molar-refractivity contribution in [3.63, 3.8) is 0 Å². The number of unbranched alkanes of at least 4 members (excludes halogenated alkanes) is 2. The van der Waals surface area contributed by atoms with Crippen molar-refractivity contribution in [1.82, 2.24) is 0 Å². The molecule has 0 spiro atoms. The van der Waals surface area contributed by atoms with Crippen molar-refractivity contribution in [2.45, 2.75) is 51.0 Å². The fourth-order valence-electron chi connectivity index (χ4n) is 1.82. The largest absolute Gasteiger partial charge is 0.374 e. The molecule has 1 heterocycles. The van der Waals surface area contributed by atoms with E-state index in [2.05, 4.69) is 6.92 Å². The molecule has 1 rings (SSSR count). The molecule has 0 aromatic carbocycles. The zero-order valence-corrected chi connectivity index (χ0v) is 8.70. The Morgan fingerprint density at radius 2 is 2.25 bits per heavy atom. The highest BCUT2D eigenvalue weighted by atomic mass is 35.5. The molecule has 1 aliphatic rings. The van der Waals surface area contributed by atoms with Gasteiger partial charge >= 0.3 is 0 Å². The predicted octanol–water partition coefficient (Wildman–Crippen LogP) is 3.35. The van der Waals surface area contributed by atoms with Crippen molar-refractivity contribution < 1.29 is 4.74 Å². The maximum absolute atomic E-state index is 5.92. The van der Waals surface area contributed by atoms with Crippen molar-refractivity contribution in [1.29, 1.82) is 0 Å². The summed E-state index contributed by atoms with van der Waals surface area (Å²) in [4.78, 5) is 0. The van der Waals surface area contributed by atoms with E-state index in [-0.39, 0.29) is 5.60 Å². The Morgan fingerprint density at radius 1 is 1.42 bits per heavy atom. The van der Waals surface area contributed by atoms with Crippen LogP contribution in [0.15, 0.2) is 0 Å². The Bertz CT molecular complexity index is 119. The highest BCUT2D eigenvalue weighted by molar-refractivity contribution is 6.18. The molecule has 1 unspecified atom stereocenters. The maximum atomic E-state index is 5.92. The van der Waals surface area contributed by atoms with Crippen LogP contribution in [0.3, 0.4) is 0 Å². The maximum Gasteiger partial charge on any atom is 0.0818 e. The molecule has 1 nitrogen and oxygen atoms in total. The topological polar surface area (TPSA) is 9.23 Å². The molecule has 0 aromatic rings. The van der Waals surface area contributed by atoms with Crippen molar-refractivity contribution in [3.8, 4) is 0 Å². The summed E-state index contributed by atoms with van der Waals surface area (Å²) in [6.45, 7) is 3.14. The third-order valence-electron chi connectivity index (χ3n) is 2.66. The standard InChI is InChI=1S/C10H19ClO/c1-2-3-4-6-10(9-11)7-5-8-12-10/h2-9H2,1H3. The van der Waals surface area contributed by atoms with Crippen LogP contribution in [0.1, 0.15) is 45.4 Å². The second kappa shape index (κ2) is 5.08. The van der Waals surface area contributed by atoms with Crippen LogP contribution in [0.4, 0.5) is 0 Å². The van der Waals surface area contributed by atoms with Gasteiger partial charge in [0.2, 0.25) is 0 Å². The Kier molecular flexibility index (Phi) is 4.38. The van der Waals surface area contributed by atoms with E-state index in [4.69, 9.17) is 16.3 Å². The monoisotopic (exact) mass is 190 g/mol. The van der Waals surface area contributed by atoms with Crippen molar-refractivity contribution in [2.24, 2.45) is 0 Å². The first-order valence-corrected chi connectivity index (χ1v) is 5.56. The molecule has 1 aliphatic heterocycles. The Labute approximate surface area is 80.4 Å². The number of ether oxygens (including phenoxy) is 1. The Balaban J connectivity index is 2.24. The van der Waals surface area contributed by atoms with Gasteiger partial charge in [-0.05, 0) is 19.3 Å².